The second-order valence-corrected chi connectivity index (χ2v) is 9.68. The van der Waals surface area contributed by atoms with Crippen LogP contribution in [0.15, 0.2) is 49.7 Å². The molecule has 186 valence electrons. The van der Waals surface area contributed by atoms with Crippen LogP contribution < -0.4 is 16.6 Å². The normalized spacial score (nSPS) is 13.8. The minimum Gasteiger partial charge on any atom is -0.393 e. The van der Waals surface area contributed by atoms with Gasteiger partial charge in [-0.3, -0.25) is 18.7 Å². The van der Waals surface area contributed by atoms with Crippen molar-refractivity contribution in [1.82, 2.24) is 14.5 Å². The van der Waals surface area contributed by atoms with E-state index in [4.69, 9.17) is 4.84 Å². The van der Waals surface area contributed by atoms with Crippen molar-refractivity contribution in [2.24, 2.45) is 11.1 Å². The molecule has 1 unspecified atom stereocenters. The van der Waals surface area contributed by atoms with Gasteiger partial charge in [-0.1, -0.05) is 53.1 Å². The second kappa shape index (κ2) is 12.1. The molecule has 1 aromatic carbocycles. The van der Waals surface area contributed by atoms with Crippen LogP contribution in [0.5, 0.6) is 0 Å². The Morgan fingerprint density at radius 2 is 1.79 bits per heavy atom. The molecule has 0 radical (unpaired) electrons. The number of oxime groups is 1. The quantitative estimate of drug-likeness (QED) is 0.358. The minimum absolute atomic E-state index is 0.0343. The highest BCUT2D eigenvalue weighted by molar-refractivity contribution is 9.10. The van der Waals surface area contributed by atoms with Crippen molar-refractivity contribution >= 4 is 27.5 Å². The fourth-order valence-corrected chi connectivity index (χ4v) is 3.74. The Bertz CT molecular complexity index is 1150. The monoisotopic (exact) mass is 536 g/mol. The van der Waals surface area contributed by atoms with Crippen LogP contribution in [-0.2, 0) is 22.7 Å². The molecule has 2 aromatic rings. The Kier molecular flexibility index (Phi) is 9.81. The average molecular weight is 537 g/mol. The molecule has 0 aliphatic carbocycles. The smallest absolute Gasteiger partial charge is 0.331 e. The fourth-order valence-electron chi connectivity index (χ4n) is 3.19. The number of hydrogen-bond donors (Lipinski definition) is 2. The lowest BCUT2D eigenvalue weighted by atomic mass is 10.1. The molecule has 0 saturated carbocycles. The largest absolute Gasteiger partial charge is 0.393 e. The van der Waals surface area contributed by atoms with Gasteiger partial charge in [-0.15, -0.1) is 0 Å². The summed E-state index contributed by atoms with van der Waals surface area (Å²) in [6.45, 7) is 10.4. The van der Waals surface area contributed by atoms with E-state index in [0.717, 1.165) is 4.57 Å². The predicted octanol–water partition coefficient (Wildman–Crippen LogP) is 2.82. The van der Waals surface area contributed by atoms with E-state index in [1.165, 1.54) is 10.8 Å². The third kappa shape index (κ3) is 7.14. The summed E-state index contributed by atoms with van der Waals surface area (Å²) >= 11 is 3.42. The van der Waals surface area contributed by atoms with Gasteiger partial charge in [0.25, 0.3) is 5.56 Å². The number of carbonyl (C=O) groups excluding carboxylic acids is 1. The van der Waals surface area contributed by atoms with Crippen molar-refractivity contribution in [3.8, 4) is 0 Å². The van der Waals surface area contributed by atoms with E-state index in [0.29, 0.717) is 15.7 Å². The lowest BCUT2D eigenvalue weighted by Gasteiger charge is -2.20. The van der Waals surface area contributed by atoms with E-state index >= 15 is 0 Å². The van der Waals surface area contributed by atoms with Gasteiger partial charge in [0.2, 0.25) is 5.91 Å². The molecule has 0 spiro atoms. The van der Waals surface area contributed by atoms with Crippen LogP contribution in [-0.4, -0.2) is 38.0 Å². The summed E-state index contributed by atoms with van der Waals surface area (Å²) in [6.07, 6.45) is 0.196. The Labute approximate surface area is 207 Å². The number of nitrogens with zero attached hydrogens (tertiary/aromatic N) is 3. The summed E-state index contributed by atoms with van der Waals surface area (Å²) in [4.78, 5) is 43.9. The number of benzene rings is 1. The fraction of sp³-hybridized carbons (Fsp3) is 0.500. The topological polar surface area (TPSA) is 115 Å². The van der Waals surface area contributed by atoms with Crippen LogP contribution in [0, 0.1) is 5.92 Å². The van der Waals surface area contributed by atoms with E-state index in [9.17, 15) is 19.5 Å². The van der Waals surface area contributed by atoms with Gasteiger partial charge >= 0.3 is 5.69 Å². The number of aliphatic hydroxyl groups excluding tert-OH is 1. The minimum atomic E-state index is -1.01. The highest BCUT2D eigenvalue weighted by atomic mass is 79.9. The van der Waals surface area contributed by atoms with Crippen molar-refractivity contribution in [1.29, 1.82) is 0 Å². The molecular formula is C24H33BrN4O5. The molecule has 34 heavy (non-hydrogen) atoms. The third-order valence-electron chi connectivity index (χ3n) is 5.03. The molecule has 1 aromatic heterocycles. The Morgan fingerprint density at radius 1 is 1.15 bits per heavy atom. The number of rotatable bonds is 10. The zero-order valence-corrected chi connectivity index (χ0v) is 22.0. The maximum atomic E-state index is 13.3. The molecule has 1 amide bonds. The van der Waals surface area contributed by atoms with Crippen molar-refractivity contribution in [2.45, 2.75) is 72.9 Å². The van der Waals surface area contributed by atoms with Crippen molar-refractivity contribution < 1.29 is 14.7 Å². The molecule has 0 bridgehead atoms. The highest BCUT2D eigenvalue weighted by Gasteiger charge is 2.20. The van der Waals surface area contributed by atoms with E-state index in [2.05, 4.69) is 26.4 Å². The van der Waals surface area contributed by atoms with E-state index in [-0.39, 0.29) is 36.6 Å². The zero-order chi connectivity index (χ0) is 25.6. The lowest BCUT2D eigenvalue weighted by molar-refractivity contribution is -0.124. The summed E-state index contributed by atoms with van der Waals surface area (Å²) in [6, 6.07) is 6.70. The van der Waals surface area contributed by atoms with Gasteiger partial charge < -0.3 is 15.3 Å². The average Bonchev–Trinajstić information content (AvgIpc) is 2.76. The Balaban J connectivity index is 2.53. The van der Waals surface area contributed by atoms with Gasteiger partial charge in [0.1, 0.15) is 6.10 Å². The molecule has 9 nitrogen and oxygen atoms in total. The summed E-state index contributed by atoms with van der Waals surface area (Å²) < 4.78 is 3.05. The van der Waals surface area contributed by atoms with Crippen LogP contribution in [0.4, 0.5) is 0 Å². The van der Waals surface area contributed by atoms with Crippen molar-refractivity contribution in [2.75, 3.05) is 0 Å². The maximum Gasteiger partial charge on any atom is 0.331 e. The summed E-state index contributed by atoms with van der Waals surface area (Å²) in [5.41, 5.74) is -0.0591. The van der Waals surface area contributed by atoms with Crippen LogP contribution >= 0.6 is 15.9 Å². The predicted molar refractivity (Wildman–Crippen MR) is 135 cm³/mol. The van der Waals surface area contributed by atoms with Crippen molar-refractivity contribution in [3.05, 3.63) is 66.9 Å². The highest BCUT2D eigenvalue weighted by Crippen LogP contribution is 2.23. The number of halogens is 1. The summed E-state index contributed by atoms with van der Waals surface area (Å²) in [5, 5.41) is 17.6. The first-order valence-corrected chi connectivity index (χ1v) is 12.0. The van der Waals surface area contributed by atoms with E-state index in [1.807, 2.05) is 19.9 Å². The molecule has 2 atom stereocenters. The SMILES string of the molecule is C/C(=N\OC(C)C)c1cn(CC(O)c2ccccc2Br)c(=O)n(C[C@H](C)NC(=O)C(C)C)c1=O. The number of nitrogens with one attached hydrogen (secondary N) is 1. The van der Waals surface area contributed by atoms with E-state index < -0.39 is 23.4 Å². The van der Waals surface area contributed by atoms with E-state index in [1.54, 1.807) is 45.9 Å². The molecule has 0 aliphatic rings. The first-order chi connectivity index (χ1) is 15.9. The maximum absolute atomic E-state index is 13.3. The molecule has 10 heteroatoms. The first-order valence-electron chi connectivity index (χ1n) is 11.2. The number of hydrogen-bond acceptors (Lipinski definition) is 6. The molecule has 2 N–H and O–H groups in total. The Morgan fingerprint density at radius 3 is 2.38 bits per heavy atom. The number of aromatic nitrogens is 2. The molecule has 0 aliphatic heterocycles. The molecule has 0 saturated heterocycles. The molecular weight excluding hydrogens is 504 g/mol. The lowest BCUT2D eigenvalue weighted by Crippen LogP contribution is -2.48. The number of carbonyl (C=O) groups is 1. The number of aliphatic hydroxyl groups is 1. The van der Waals surface area contributed by atoms with Crippen molar-refractivity contribution in [3.63, 3.8) is 0 Å². The second-order valence-electron chi connectivity index (χ2n) is 8.83. The van der Waals surface area contributed by atoms with Gasteiger partial charge in [-0.05, 0) is 39.3 Å². The third-order valence-corrected chi connectivity index (χ3v) is 5.75. The summed E-state index contributed by atoms with van der Waals surface area (Å²) in [5.74, 6) is -0.409. The zero-order valence-electron chi connectivity index (χ0n) is 20.4. The van der Waals surface area contributed by atoms with Crippen LogP contribution in [0.25, 0.3) is 0 Å². The standard InChI is InChI=1S/C24H33BrN4O5/c1-14(2)22(31)26-16(5)11-29-23(32)19(17(6)27-34-15(3)4)12-28(24(29)33)13-21(30)18-9-7-8-10-20(18)25/h7-10,12,14-16,21,30H,11,13H2,1-6H3,(H,26,31)/b27-17+/t16-,21?/m0/s1. The van der Waals surface area contributed by atoms with Gasteiger partial charge in [0, 0.05) is 22.6 Å². The van der Waals surface area contributed by atoms with Crippen LogP contribution in [0.2, 0.25) is 0 Å². The Hall–Kier alpha value is -2.72. The van der Waals surface area contributed by atoms with Gasteiger partial charge in [-0.25, -0.2) is 4.79 Å². The van der Waals surface area contributed by atoms with Crippen LogP contribution in [0.1, 0.15) is 58.8 Å². The first kappa shape index (κ1) is 27.5. The van der Waals surface area contributed by atoms with Gasteiger partial charge in [-0.2, -0.15) is 0 Å². The summed E-state index contributed by atoms with van der Waals surface area (Å²) in [7, 11) is 0. The van der Waals surface area contributed by atoms with Crippen LogP contribution in [0.3, 0.4) is 0 Å². The molecule has 1 heterocycles. The van der Waals surface area contributed by atoms with Gasteiger partial charge in [0.05, 0.1) is 30.5 Å². The molecule has 0 fully saturated rings. The molecule has 2 rings (SSSR count). The van der Waals surface area contributed by atoms with Gasteiger partial charge in [0.15, 0.2) is 0 Å². The number of amides is 1.